The van der Waals surface area contributed by atoms with Gasteiger partial charge in [0, 0.05) is 0 Å². The Morgan fingerprint density at radius 1 is 0.824 bits per heavy atom. The van der Waals surface area contributed by atoms with Gasteiger partial charge in [0.2, 0.25) is 0 Å². The first-order valence-corrected chi connectivity index (χ1v) is 10.1. The SMILES string of the molecule is O=CC(F)C(OC(=O)c1ccc(C(F)(F)F)cc1)C(Br)COC(=O)c1ccc(C(F)(F)F)cc1. The summed E-state index contributed by atoms with van der Waals surface area (Å²) in [6, 6.07) is 5.83. The molecule has 2 aromatic carbocycles. The van der Waals surface area contributed by atoms with Crippen LogP contribution in [-0.4, -0.2) is 41.9 Å². The monoisotopic (exact) mass is 558 g/mol. The van der Waals surface area contributed by atoms with Crippen LogP contribution in [0.1, 0.15) is 31.8 Å². The van der Waals surface area contributed by atoms with Crippen molar-refractivity contribution in [3.63, 3.8) is 0 Å². The highest BCUT2D eigenvalue weighted by Crippen LogP contribution is 2.30. The molecule has 0 spiro atoms. The fourth-order valence-electron chi connectivity index (χ4n) is 2.53. The number of hydrogen-bond acceptors (Lipinski definition) is 5. The van der Waals surface area contributed by atoms with E-state index < -0.39 is 59.1 Å². The minimum atomic E-state index is -4.65. The fraction of sp³-hybridized carbons (Fsp3) is 0.286. The van der Waals surface area contributed by atoms with Gasteiger partial charge in [-0.25, -0.2) is 14.0 Å². The third-order valence-corrected chi connectivity index (χ3v) is 5.10. The van der Waals surface area contributed by atoms with Gasteiger partial charge < -0.3 is 9.47 Å². The molecule has 0 aliphatic carbocycles. The van der Waals surface area contributed by atoms with Crippen LogP contribution in [0.4, 0.5) is 30.7 Å². The van der Waals surface area contributed by atoms with Crippen molar-refractivity contribution in [2.24, 2.45) is 0 Å². The number of carbonyl (C=O) groups excluding carboxylic acids is 3. The van der Waals surface area contributed by atoms with Crippen LogP contribution in [-0.2, 0) is 26.6 Å². The largest absolute Gasteiger partial charge is 0.461 e. The van der Waals surface area contributed by atoms with Crippen molar-refractivity contribution in [1.82, 2.24) is 0 Å². The normalized spacial score (nSPS) is 14.6. The van der Waals surface area contributed by atoms with Crippen LogP contribution in [0, 0.1) is 0 Å². The van der Waals surface area contributed by atoms with Gasteiger partial charge in [0.15, 0.2) is 18.6 Å². The second-order valence-electron chi connectivity index (χ2n) is 6.72. The summed E-state index contributed by atoms with van der Waals surface area (Å²) in [6.45, 7) is -0.668. The highest BCUT2D eigenvalue weighted by atomic mass is 79.9. The molecule has 2 rings (SSSR count). The van der Waals surface area contributed by atoms with E-state index in [0.717, 1.165) is 24.3 Å². The number of rotatable bonds is 8. The first-order valence-electron chi connectivity index (χ1n) is 9.20. The summed E-state index contributed by atoms with van der Waals surface area (Å²) in [7, 11) is 0. The molecule has 0 saturated carbocycles. The van der Waals surface area contributed by atoms with Crippen LogP contribution in [0.25, 0.3) is 0 Å². The number of ether oxygens (including phenoxy) is 2. The van der Waals surface area contributed by atoms with Crippen LogP contribution in [0.2, 0.25) is 0 Å². The number of benzene rings is 2. The van der Waals surface area contributed by atoms with Gasteiger partial charge in [-0.05, 0) is 48.5 Å². The Bertz CT molecular complexity index is 1000. The number of carbonyl (C=O) groups is 3. The van der Waals surface area contributed by atoms with E-state index in [1.807, 2.05) is 0 Å². The average Bonchev–Trinajstić information content (AvgIpc) is 2.79. The molecule has 0 aromatic heterocycles. The summed E-state index contributed by atoms with van der Waals surface area (Å²) in [5.41, 5.74) is -2.65. The van der Waals surface area contributed by atoms with E-state index in [2.05, 4.69) is 15.9 Å². The van der Waals surface area contributed by atoms with Gasteiger partial charge in [-0.2, -0.15) is 26.3 Å². The molecule has 2 aromatic rings. The molecule has 34 heavy (non-hydrogen) atoms. The Morgan fingerprint density at radius 3 is 1.62 bits per heavy atom. The van der Waals surface area contributed by atoms with Gasteiger partial charge in [0.25, 0.3) is 0 Å². The standard InChI is InChI=1S/C21H14BrF7O5/c22-15(10-33-18(31)11-1-5-13(6-2-11)20(24,25)26)17(16(23)9-30)34-19(32)12-3-7-14(8-4-12)21(27,28)29/h1-9,15-17H,10H2. The smallest absolute Gasteiger partial charge is 0.416 e. The zero-order valence-electron chi connectivity index (χ0n) is 16.7. The van der Waals surface area contributed by atoms with Crippen molar-refractivity contribution in [3.8, 4) is 0 Å². The van der Waals surface area contributed by atoms with Crippen LogP contribution in [0.15, 0.2) is 48.5 Å². The van der Waals surface area contributed by atoms with Gasteiger partial charge in [0.1, 0.15) is 6.61 Å². The molecule has 0 aliphatic rings. The highest BCUT2D eigenvalue weighted by molar-refractivity contribution is 9.09. The van der Waals surface area contributed by atoms with E-state index in [1.54, 1.807) is 0 Å². The third-order valence-electron chi connectivity index (χ3n) is 4.31. The zero-order chi connectivity index (χ0) is 25.7. The van der Waals surface area contributed by atoms with E-state index in [1.165, 1.54) is 0 Å². The maximum Gasteiger partial charge on any atom is 0.416 e. The number of halogens is 8. The second-order valence-corrected chi connectivity index (χ2v) is 7.89. The molecule has 0 fully saturated rings. The number of hydrogen-bond donors (Lipinski definition) is 0. The molecule has 0 saturated heterocycles. The Kier molecular flexibility index (Phi) is 8.81. The molecule has 0 N–H and O–H groups in total. The van der Waals surface area contributed by atoms with Crippen molar-refractivity contribution < 1.29 is 54.6 Å². The lowest BCUT2D eigenvalue weighted by molar-refractivity contribution is -0.138. The minimum absolute atomic E-state index is 0.198. The van der Waals surface area contributed by atoms with Gasteiger partial charge in [-0.3, -0.25) is 4.79 Å². The molecule has 5 nitrogen and oxygen atoms in total. The van der Waals surface area contributed by atoms with Gasteiger partial charge in [0.05, 0.1) is 27.1 Å². The molecule has 13 heteroatoms. The molecular formula is C21H14BrF7O5. The number of esters is 2. The maximum absolute atomic E-state index is 14.1. The number of aldehydes is 1. The summed E-state index contributed by atoms with van der Waals surface area (Å²) >= 11 is 2.91. The van der Waals surface area contributed by atoms with Gasteiger partial charge in [-0.1, -0.05) is 15.9 Å². The van der Waals surface area contributed by atoms with Crippen molar-refractivity contribution in [3.05, 3.63) is 70.8 Å². The second kappa shape index (κ2) is 11.0. The fourth-order valence-corrected chi connectivity index (χ4v) is 3.06. The molecule has 0 heterocycles. The molecule has 0 aliphatic heterocycles. The highest BCUT2D eigenvalue weighted by Gasteiger charge is 2.34. The molecule has 184 valence electrons. The minimum Gasteiger partial charge on any atom is -0.461 e. The van der Waals surface area contributed by atoms with E-state index in [4.69, 9.17) is 9.47 Å². The third kappa shape index (κ3) is 7.27. The van der Waals surface area contributed by atoms with Crippen molar-refractivity contribution in [1.29, 1.82) is 0 Å². The predicted octanol–water partition coefficient (Wildman–Crippen LogP) is 5.41. The van der Waals surface area contributed by atoms with Gasteiger partial charge in [-0.15, -0.1) is 0 Å². The summed E-state index contributed by atoms with van der Waals surface area (Å²) in [5, 5.41) is 0. The lowest BCUT2D eigenvalue weighted by atomic mass is 10.1. The Labute approximate surface area is 196 Å². The topological polar surface area (TPSA) is 69.7 Å². The summed E-state index contributed by atoms with van der Waals surface area (Å²) in [5.74, 6) is -2.32. The predicted molar refractivity (Wildman–Crippen MR) is 106 cm³/mol. The zero-order valence-corrected chi connectivity index (χ0v) is 18.3. The molecule has 0 radical (unpaired) electrons. The molecule has 3 atom stereocenters. The van der Waals surface area contributed by atoms with Crippen LogP contribution >= 0.6 is 15.9 Å². The average molecular weight is 559 g/mol. The molecule has 3 unspecified atom stereocenters. The first-order chi connectivity index (χ1) is 15.7. The molecule has 0 amide bonds. The van der Waals surface area contributed by atoms with Crippen molar-refractivity contribution in [2.75, 3.05) is 6.61 Å². The molecule has 0 bridgehead atoms. The van der Waals surface area contributed by atoms with E-state index in [0.29, 0.717) is 24.3 Å². The Balaban J connectivity index is 2.04. The van der Waals surface area contributed by atoms with Crippen LogP contribution in [0.5, 0.6) is 0 Å². The summed E-state index contributed by atoms with van der Waals surface area (Å²) in [6.07, 6.45) is -13.7. The first kappa shape index (κ1) is 27.3. The van der Waals surface area contributed by atoms with Crippen molar-refractivity contribution >= 4 is 34.2 Å². The Hall–Kier alpha value is -2.96. The van der Waals surface area contributed by atoms with Crippen LogP contribution in [0.3, 0.4) is 0 Å². The van der Waals surface area contributed by atoms with Gasteiger partial charge >= 0.3 is 24.3 Å². The van der Waals surface area contributed by atoms with Crippen molar-refractivity contribution in [2.45, 2.75) is 29.5 Å². The lowest BCUT2D eigenvalue weighted by Gasteiger charge is -2.23. The lowest BCUT2D eigenvalue weighted by Crippen LogP contribution is -2.39. The maximum atomic E-state index is 14.1. The van der Waals surface area contributed by atoms with E-state index in [9.17, 15) is 45.1 Å². The summed E-state index contributed by atoms with van der Waals surface area (Å²) < 4.78 is 99.5. The Morgan fingerprint density at radius 2 is 1.24 bits per heavy atom. The van der Waals surface area contributed by atoms with E-state index in [-0.39, 0.29) is 17.4 Å². The quantitative estimate of drug-likeness (QED) is 0.188. The summed E-state index contributed by atoms with van der Waals surface area (Å²) in [4.78, 5) is 33.8. The van der Waals surface area contributed by atoms with Crippen LogP contribution < -0.4 is 0 Å². The van der Waals surface area contributed by atoms with E-state index >= 15 is 0 Å². The molecular weight excluding hydrogens is 545 g/mol. The number of alkyl halides is 8.